The maximum absolute atomic E-state index is 5.54. The molecule has 0 bridgehead atoms. The molecule has 0 radical (unpaired) electrons. The summed E-state index contributed by atoms with van der Waals surface area (Å²) in [6, 6.07) is 0.699. The summed E-state index contributed by atoms with van der Waals surface area (Å²) in [4.78, 5) is 2.51. The van der Waals surface area contributed by atoms with Gasteiger partial charge in [-0.1, -0.05) is 0 Å². The van der Waals surface area contributed by atoms with Crippen molar-refractivity contribution in [3.8, 4) is 0 Å². The Bertz CT molecular complexity index is 204. The Balaban J connectivity index is 1.68. The van der Waals surface area contributed by atoms with Crippen molar-refractivity contribution in [2.45, 2.75) is 32.2 Å². The molecule has 0 amide bonds. The predicted molar refractivity (Wildman–Crippen MR) is 66.6 cm³/mol. The van der Waals surface area contributed by atoms with E-state index in [4.69, 9.17) is 4.74 Å². The van der Waals surface area contributed by atoms with E-state index >= 15 is 0 Å². The van der Waals surface area contributed by atoms with Crippen LogP contribution >= 0.6 is 0 Å². The fourth-order valence-electron chi connectivity index (χ4n) is 3.03. The highest BCUT2D eigenvalue weighted by molar-refractivity contribution is 4.82. The summed E-state index contributed by atoms with van der Waals surface area (Å²) in [5.41, 5.74) is 0. The highest BCUT2D eigenvalue weighted by Crippen LogP contribution is 2.18. The molecule has 0 spiro atoms. The van der Waals surface area contributed by atoms with Gasteiger partial charge in [-0.05, 0) is 51.6 Å². The first-order chi connectivity index (χ1) is 7.75. The van der Waals surface area contributed by atoms with Crippen LogP contribution in [0.3, 0.4) is 0 Å². The molecule has 0 aromatic rings. The minimum atomic E-state index is 0.699. The van der Waals surface area contributed by atoms with Crippen molar-refractivity contribution in [2.24, 2.45) is 11.8 Å². The quantitative estimate of drug-likeness (QED) is 0.783. The fourth-order valence-corrected chi connectivity index (χ4v) is 3.03. The van der Waals surface area contributed by atoms with Crippen LogP contribution in [0, 0.1) is 11.8 Å². The Morgan fingerprint density at radius 2 is 2.19 bits per heavy atom. The number of nitrogens with one attached hydrogen (secondary N) is 1. The molecule has 16 heavy (non-hydrogen) atoms. The van der Waals surface area contributed by atoms with Crippen molar-refractivity contribution in [2.75, 3.05) is 39.9 Å². The second kappa shape index (κ2) is 5.99. The van der Waals surface area contributed by atoms with Crippen LogP contribution in [0.1, 0.15) is 26.2 Å². The van der Waals surface area contributed by atoms with E-state index in [1.807, 2.05) is 0 Å². The van der Waals surface area contributed by atoms with Crippen LogP contribution in [0.25, 0.3) is 0 Å². The Labute approximate surface area is 99.5 Å². The first-order valence-electron chi connectivity index (χ1n) is 6.75. The molecule has 3 heteroatoms. The number of hydrogen-bond donors (Lipinski definition) is 1. The number of nitrogens with zero attached hydrogens (tertiary/aromatic N) is 1. The van der Waals surface area contributed by atoms with Gasteiger partial charge in [0.1, 0.15) is 0 Å². The van der Waals surface area contributed by atoms with Crippen LogP contribution in [-0.4, -0.2) is 50.8 Å². The van der Waals surface area contributed by atoms with Crippen molar-refractivity contribution in [1.82, 2.24) is 10.2 Å². The highest BCUT2D eigenvalue weighted by atomic mass is 16.5. The molecule has 2 aliphatic heterocycles. The lowest BCUT2D eigenvalue weighted by Crippen LogP contribution is -2.36. The molecular weight excluding hydrogens is 200 g/mol. The van der Waals surface area contributed by atoms with E-state index in [0.717, 1.165) is 25.0 Å². The molecule has 3 unspecified atom stereocenters. The lowest BCUT2D eigenvalue weighted by Gasteiger charge is -2.29. The first kappa shape index (κ1) is 12.3. The van der Waals surface area contributed by atoms with Crippen molar-refractivity contribution < 1.29 is 4.74 Å². The summed E-state index contributed by atoms with van der Waals surface area (Å²) >= 11 is 0. The van der Waals surface area contributed by atoms with Crippen molar-refractivity contribution in [3.05, 3.63) is 0 Å². The van der Waals surface area contributed by atoms with Crippen LogP contribution < -0.4 is 5.32 Å². The maximum atomic E-state index is 5.54. The van der Waals surface area contributed by atoms with Crippen molar-refractivity contribution in [3.63, 3.8) is 0 Å². The van der Waals surface area contributed by atoms with Gasteiger partial charge in [-0.15, -0.1) is 0 Å². The van der Waals surface area contributed by atoms with Gasteiger partial charge in [0.05, 0.1) is 6.61 Å². The maximum Gasteiger partial charge on any atom is 0.0506 e. The molecule has 0 aromatic heterocycles. The minimum Gasteiger partial charge on any atom is -0.381 e. The van der Waals surface area contributed by atoms with Gasteiger partial charge < -0.3 is 15.0 Å². The molecule has 2 rings (SSSR count). The van der Waals surface area contributed by atoms with Gasteiger partial charge in [-0.3, -0.25) is 0 Å². The summed E-state index contributed by atoms with van der Waals surface area (Å²) in [5.74, 6) is 1.61. The fraction of sp³-hybridized carbons (Fsp3) is 1.00. The van der Waals surface area contributed by atoms with E-state index in [1.54, 1.807) is 0 Å². The van der Waals surface area contributed by atoms with E-state index in [2.05, 4.69) is 24.2 Å². The molecular formula is C13H26N2O. The van der Waals surface area contributed by atoms with Gasteiger partial charge in [0, 0.05) is 25.7 Å². The second-order valence-corrected chi connectivity index (χ2v) is 5.60. The summed E-state index contributed by atoms with van der Waals surface area (Å²) < 4.78 is 5.54. The van der Waals surface area contributed by atoms with E-state index in [-0.39, 0.29) is 0 Å². The van der Waals surface area contributed by atoms with Gasteiger partial charge in [0.25, 0.3) is 0 Å². The third kappa shape index (κ3) is 3.44. The zero-order chi connectivity index (χ0) is 11.4. The Morgan fingerprint density at radius 1 is 1.31 bits per heavy atom. The van der Waals surface area contributed by atoms with E-state index in [1.165, 1.54) is 38.9 Å². The van der Waals surface area contributed by atoms with Crippen LogP contribution in [0.2, 0.25) is 0 Å². The highest BCUT2D eigenvalue weighted by Gasteiger charge is 2.25. The monoisotopic (exact) mass is 226 g/mol. The molecule has 94 valence electrons. The van der Waals surface area contributed by atoms with Crippen molar-refractivity contribution in [1.29, 1.82) is 0 Å². The largest absolute Gasteiger partial charge is 0.381 e. The van der Waals surface area contributed by atoms with Gasteiger partial charge in [-0.2, -0.15) is 0 Å². The summed E-state index contributed by atoms with van der Waals surface area (Å²) in [6.45, 7) is 7.92. The Morgan fingerprint density at radius 3 is 2.81 bits per heavy atom. The number of rotatable bonds is 4. The van der Waals surface area contributed by atoms with E-state index < -0.39 is 0 Å². The van der Waals surface area contributed by atoms with E-state index in [0.29, 0.717) is 6.04 Å². The smallest absolute Gasteiger partial charge is 0.0506 e. The lowest BCUT2D eigenvalue weighted by atomic mass is 9.99. The zero-order valence-electron chi connectivity index (χ0n) is 10.7. The number of ether oxygens (including phenoxy) is 1. The van der Waals surface area contributed by atoms with Crippen LogP contribution in [0.4, 0.5) is 0 Å². The van der Waals surface area contributed by atoms with Crippen LogP contribution in [0.5, 0.6) is 0 Å². The Hall–Kier alpha value is -0.120. The van der Waals surface area contributed by atoms with Crippen LogP contribution in [-0.2, 0) is 4.74 Å². The van der Waals surface area contributed by atoms with Gasteiger partial charge in [0.2, 0.25) is 0 Å². The third-order valence-electron chi connectivity index (χ3n) is 4.06. The molecule has 0 aromatic carbocycles. The molecule has 1 N–H and O–H groups in total. The predicted octanol–water partition coefficient (Wildman–Crippen LogP) is 1.34. The summed E-state index contributed by atoms with van der Waals surface area (Å²) in [7, 11) is 2.26. The van der Waals surface area contributed by atoms with Gasteiger partial charge in [0.15, 0.2) is 0 Å². The molecule has 2 saturated heterocycles. The second-order valence-electron chi connectivity index (χ2n) is 5.60. The average molecular weight is 226 g/mol. The SMILES string of the molecule is CC1NCCC1CN(C)CC1CCCOC1. The average Bonchev–Trinajstić information content (AvgIpc) is 2.66. The summed E-state index contributed by atoms with van der Waals surface area (Å²) in [6.07, 6.45) is 3.94. The standard InChI is InChI=1S/C13H26N2O/c1-11-13(5-6-14-11)9-15(2)8-12-4-3-7-16-10-12/h11-14H,3-10H2,1-2H3. The third-order valence-corrected chi connectivity index (χ3v) is 4.06. The molecule has 2 fully saturated rings. The molecule has 0 aliphatic carbocycles. The van der Waals surface area contributed by atoms with E-state index in [9.17, 15) is 0 Å². The normalized spacial score (nSPS) is 35.8. The molecule has 0 saturated carbocycles. The summed E-state index contributed by atoms with van der Waals surface area (Å²) in [5, 5.41) is 3.53. The molecule has 3 atom stereocenters. The number of hydrogen-bond acceptors (Lipinski definition) is 3. The lowest BCUT2D eigenvalue weighted by molar-refractivity contribution is 0.0400. The van der Waals surface area contributed by atoms with Gasteiger partial charge in [-0.25, -0.2) is 0 Å². The van der Waals surface area contributed by atoms with Crippen LogP contribution in [0.15, 0.2) is 0 Å². The zero-order valence-corrected chi connectivity index (χ0v) is 10.7. The van der Waals surface area contributed by atoms with Crippen molar-refractivity contribution >= 4 is 0 Å². The topological polar surface area (TPSA) is 24.5 Å². The first-order valence-corrected chi connectivity index (χ1v) is 6.75. The molecule has 2 heterocycles. The van der Waals surface area contributed by atoms with Gasteiger partial charge >= 0.3 is 0 Å². The molecule has 2 aliphatic rings. The molecule has 3 nitrogen and oxygen atoms in total. The Kier molecular flexibility index (Phi) is 4.62. The minimum absolute atomic E-state index is 0.699.